The normalized spacial score (nSPS) is 10.6. The Balaban J connectivity index is 2.03. The van der Waals surface area contributed by atoms with Gasteiger partial charge in [0.2, 0.25) is 0 Å². The summed E-state index contributed by atoms with van der Waals surface area (Å²) in [4.78, 5) is 4.24. The Hall–Kier alpha value is -2.62. The van der Waals surface area contributed by atoms with Crippen molar-refractivity contribution < 1.29 is 9.13 Å². The molecule has 19 heavy (non-hydrogen) atoms. The van der Waals surface area contributed by atoms with E-state index in [9.17, 15) is 4.39 Å². The number of ether oxygens (including phenoxy) is 1. The monoisotopic (exact) mass is 254 g/mol. The van der Waals surface area contributed by atoms with E-state index in [0.717, 1.165) is 10.9 Å². The molecule has 0 spiro atoms. The van der Waals surface area contributed by atoms with Crippen molar-refractivity contribution in [3.8, 4) is 11.5 Å². The van der Waals surface area contributed by atoms with Gasteiger partial charge in [0, 0.05) is 17.3 Å². The molecular weight excluding hydrogens is 243 g/mol. The van der Waals surface area contributed by atoms with E-state index in [1.807, 2.05) is 6.07 Å². The summed E-state index contributed by atoms with van der Waals surface area (Å²) >= 11 is 0. The number of halogens is 1. The second-order valence-electron chi connectivity index (χ2n) is 4.14. The fourth-order valence-corrected chi connectivity index (χ4v) is 1.86. The average Bonchev–Trinajstić information content (AvgIpc) is 2.41. The highest BCUT2D eigenvalue weighted by molar-refractivity contribution is 5.87. The Labute approximate surface area is 109 Å². The van der Waals surface area contributed by atoms with E-state index in [-0.39, 0.29) is 5.82 Å². The van der Waals surface area contributed by atoms with Crippen molar-refractivity contribution in [1.29, 1.82) is 0 Å². The molecule has 3 nitrogen and oxygen atoms in total. The molecule has 0 atom stereocenters. The highest BCUT2D eigenvalue weighted by atomic mass is 19.1. The molecule has 0 aliphatic heterocycles. The molecule has 4 heteroatoms. The van der Waals surface area contributed by atoms with Crippen molar-refractivity contribution >= 4 is 16.6 Å². The molecule has 0 radical (unpaired) electrons. The third kappa shape index (κ3) is 2.33. The van der Waals surface area contributed by atoms with Crippen LogP contribution >= 0.6 is 0 Å². The largest absolute Gasteiger partial charge is 0.457 e. The van der Waals surface area contributed by atoms with E-state index in [2.05, 4.69) is 4.98 Å². The summed E-state index contributed by atoms with van der Waals surface area (Å²) < 4.78 is 18.6. The van der Waals surface area contributed by atoms with Crippen LogP contribution in [0.25, 0.3) is 10.9 Å². The van der Waals surface area contributed by atoms with E-state index in [1.165, 1.54) is 12.1 Å². The van der Waals surface area contributed by atoms with Crippen LogP contribution in [0.2, 0.25) is 0 Å². The van der Waals surface area contributed by atoms with Gasteiger partial charge in [-0.05, 0) is 48.5 Å². The quantitative estimate of drug-likeness (QED) is 0.708. The molecule has 3 aromatic rings. The second-order valence-corrected chi connectivity index (χ2v) is 4.14. The molecule has 0 fully saturated rings. The van der Waals surface area contributed by atoms with Gasteiger partial charge in [-0.2, -0.15) is 0 Å². The fourth-order valence-electron chi connectivity index (χ4n) is 1.86. The standard InChI is InChI=1S/C15H11FN2O/c16-10-1-4-12(5-2-10)19-15-7-8-18-14-9-11(17)3-6-13(14)15/h1-9H,17H2. The lowest BCUT2D eigenvalue weighted by molar-refractivity contribution is 0.485. The van der Waals surface area contributed by atoms with Gasteiger partial charge in [-0.25, -0.2) is 4.39 Å². The van der Waals surface area contributed by atoms with Gasteiger partial charge in [0.05, 0.1) is 5.52 Å². The zero-order valence-corrected chi connectivity index (χ0v) is 10.0. The molecule has 2 N–H and O–H groups in total. The molecule has 1 heterocycles. The molecule has 94 valence electrons. The van der Waals surface area contributed by atoms with Crippen LogP contribution in [0.5, 0.6) is 11.5 Å². The Morgan fingerprint density at radius 2 is 1.79 bits per heavy atom. The van der Waals surface area contributed by atoms with Crippen LogP contribution in [0, 0.1) is 5.82 Å². The minimum atomic E-state index is -0.292. The molecule has 3 rings (SSSR count). The van der Waals surface area contributed by atoms with Gasteiger partial charge in [0.1, 0.15) is 17.3 Å². The lowest BCUT2D eigenvalue weighted by Crippen LogP contribution is -1.90. The highest BCUT2D eigenvalue weighted by Gasteiger charge is 2.04. The Morgan fingerprint density at radius 1 is 1.00 bits per heavy atom. The lowest BCUT2D eigenvalue weighted by atomic mass is 10.2. The Morgan fingerprint density at radius 3 is 2.58 bits per heavy atom. The van der Waals surface area contributed by atoms with E-state index in [4.69, 9.17) is 10.5 Å². The van der Waals surface area contributed by atoms with E-state index in [1.54, 1.807) is 36.5 Å². The van der Waals surface area contributed by atoms with Gasteiger partial charge >= 0.3 is 0 Å². The minimum Gasteiger partial charge on any atom is -0.457 e. The van der Waals surface area contributed by atoms with Crippen LogP contribution in [-0.4, -0.2) is 4.98 Å². The van der Waals surface area contributed by atoms with Crippen molar-refractivity contribution in [2.24, 2.45) is 0 Å². The third-order valence-corrected chi connectivity index (χ3v) is 2.77. The van der Waals surface area contributed by atoms with Gasteiger partial charge in [0.25, 0.3) is 0 Å². The SMILES string of the molecule is Nc1ccc2c(Oc3ccc(F)cc3)ccnc2c1. The number of pyridine rings is 1. The second kappa shape index (κ2) is 4.57. The summed E-state index contributed by atoms with van der Waals surface area (Å²) in [6.45, 7) is 0. The molecular formula is C15H11FN2O. The van der Waals surface area contributed by atoms with Gasteiger partial charge in [-0.3, -0.25) is 4.98 Å². The number of aromatic nitrogens is 1. The maximum absolute atomic E-state index is 12.8. The van der Waals surface area contributed by atoms with E-state index in [0.29, 0.717) is 17.2 Å². The maximum atomic E-state index is 12.8. The van der Waals surface area contributed by atoms with Crippen molar-refractivity contribution in [2.45, 2.75) is 0 Å². The number of hydrogen-bond acceptors (Lipinski definition) is 3. The van der Waals surface area contributed by atoms with Gasteiger partial charge in [-0.15, -0.1) is 0 Å². The molecule has 0 aliphatic carbocycles. The van der Waals surface area contributed by atoms with Crippen molar-refractivity contribution in [3.05, 3.63) is 60.5 Å². The molecule has 0 saturated carbocycles. The molecule has 0 saturated heterocycles. The highest BCUT2D eigenvalue weighted by Crippen LogP contribution is 2.29. The molecule has 0 unspecified atom stereocenters. The van der Waals surface area contributed by atoms with Crippen molar-refractivity contribution in [2.75, 3.05) is 5.73 Å². The van der Waals surface area contributed by atoms with Crippen LogP contribution in [0.3, 0.4) is 0 Å². The first kappa shape index (κ1) is 11.5. The zero-order chi connectivity index (χ0) is 13.2. The molecule has 1 aromatic heterocycles. The molecule has 0 bridgehead atoms. The fraction of sp³-hybridized carbons (Fsp3) is 0. The topological polar surface area (TPSA) is 48.1 Å². The first-order chi connectivity index (χ1) is 9.22. The number of rotatable bonds is 2. The minimum absolute atomic E-state index is 0.292. The summed E-state index contributed by atoms with van der Waals surface area (Å²) in [7, 11) is 0. The van der Waals surface area contributed by atoms with Gasteiger partial charge in [0.15, 0.2) is 0 Å². The summed E-state index contributed by atoms with van der Waals surface area (Å²) in [5.74, 6) is 0.946. The molecule has 2 aromatic carbocycles. The summed E-state index contributed by atoms with van der Waals surface area (Å²) in [5.41, 5.74) is 7.14. The number of hydrogen-bond donors (Lipinski definition) is 1. The van der Waals surface area contributed by atoms with E-state index < -0.39 is 0 Å². The predicted molar refractivity (Wildman–Crippen MR) is 72.6 cm³/mol. The number of anilines is 1. The van der Waals surface area contributed by atoms with Crippen LogP contribution in [-0.2, 0) is 0 Å². The van der Waals surface area contributed by atoms with Crippen LogP contribution < -0.4 is 10.5 Å². The number of nitrogens with two attached hydrogens (primary N) is 1. The van der Waals surface area contributed by atoms with Gasteiger partial charge in [-0.1, -0.05) is 0 Å². The first-order valence-corrected chi connectivity index (χ1v) is 5.80. The molecule has 0 amide bonds. The van der Waals surface area contributed by atoms with Crippen molar-refractivity contribution in [3.63, 3.8) is 0 Å². The van der Waals surface area contributed by atoms with Crippen molar-refractivity contribution in [1.82, 2.24) is 4.98 Å². The number of nitrogens with zero attached hydrogens (tertiary/aromatic N) is 1. The van der Waals surface area contributed by atoms with Gasteiger partial charge < -0.3 is 10.5 Å². The van der Waals surface area contributed by atoms with Crippen LogP contribution in [0.1, 0.15) is 0 Å². The van der Waals surface area contributed by atoms with Crippen LogP contribution in [0.15, 0.2) is 54.7 Å². The Bertz CT molecular complexity index is 726. The van der Waals surface area contributed by atoms with Crippen LogP contribution in [0.4, 0.5) is 10.1 Å². The third-order valence-electron chi connectivity index (χ3n) is 2.77. The molecule has 0 aliphatic rings. The number of benzene rings is 2. The summed E-state index contributed by atoms with van der Waals surface area (Å²) in [5, 5.41) is 0.862. The number of fused-ring (bicyclic) bond motifs is 1. The Kier molecular flexibility index (Phi) is 2.76. The average molecular weight is 254 g/mol. The zero-order valence-electron chi connectivity index (χ0n) is 10.0. The summed E-state index contributed by atoms with van der Waals surface area (Å²) in [6.07, 6.45) is 1.65. The summed E-state index contributed by atoms with van der Waals surface area (Å²) in [6, 6.07) is 13.1. The smallest absolute Gasteiger partial charge is 0.138 e. The predicted octanol–water partition coefficient (Wildman–Crippen LogP) is 3.75. The van der Waals surface area contributed by atoms with E-state index >= 15 is 0 Å². The first-order valence-electron chi connectivity index (χ1n) is 5.80. The maximum Gasteiger partial charge on any atom is 0.138 e. The lowest BCUT2D eigenvalue weighted by Gasteiger charge is -2.08. The number of nitrogen functional groups attached to an aromatic ring is 1.